The summed E-state index contributed by atoms with van der Waals surface area (Å²) in [7, 11) is 0. The van der Waals surface area contributed by atoms with Crippen molar-refractivity contribution in [1.82, 2.24) is 10.3 Å². The Morgan fingerprint density at radius 1 is 1.13 bits per heavy atom. The number of hydrogen-bond acceptors (Lipinski definition) is 3. The number of fused-ring (bicyclic) bond motifs is 1. The highest BCUT2D eigenvalue weighted by Crippen LogP contribution is 2.38. The minimum absolute atomic E-state index is 0.0549. The van der Waals surface area contributed by atoms with Crippen LogP contribution in [0.25, 0.3) is 0 Å². The van der Waals surface area contributed by atoms with Crippen molar-refractivity contribution in [3.8, 4) is 0 Å². The van der Waals surface area contributed by atoms with Crippen LogP contribution in [0.2, 0.25) is 0 Å². The van der Waals surface area contributed by atoms with Crippen LogP contribution in [-0.4, -0.2) is 16.8 Å². The third kappa shape index (κ3) is 3.78. The summed E-state index contributed by atoms with van der Waals surface area (Å²) in [5.74, 6) is -1.79. The first kappa shape index (κ1) is 19.7. The van der Waals surface area contributed by atoms with Gasteiger partial charge in [-0.05, 0) is 55.0 Å². The van der Waals surface area contributed by atoms with Gasteiger partial charge >= 0.3 is 0 Å². The van der Waals surface area contributed by atoms with Crippen molar-refractivity contribution in [2.24, 2.45) is 0 Å². The van der Waals surface area contributed by atoms with E-state index in [1.54, 1.807) is 23.2 Å². The van der Waals surface area contributed by atoms with E-state index in [-0.39, 0.29) is 24.4 Å². The number of hydrogen-bond donors (Lipinski definition) is 1. The topological polar surface area (TPSA) is 62.3 Å². The number of benzene rings is 2. The van der Waals surface area contributed by atoms with E-state index in [1.165, 1.54) is 0 Å². The molecule has 4 rings (SSSR count). The molecule has 3 aromatic rings. The molecule has 1 aromatic heterocycles. The van der Waals surface area contributed by atoms with Gasteiger partial charge in [-0.2, -0.15) is 0 Å². The van der Waals surface area contributed by atoms with Gasteiger partial charge < -0.3 is 5.32 Å². The molecule has 0 saturated heterocycles. The molecular formula is C23H19F2N3O2. The lowest BCUT2D eigenvalue weighted by atomic mass is 10.1. The number of aromatic nitrogens is 1. The van der Waals surface area contributed by atoms with E-state index in [0.717, 1.165) is 23.8 Å². The molecule has 0 radical (unpaired) electrons. The molecule has 0 saturated carbocycles. The summed E-state index contributed by atoms with van der Waals surface area (Å²) in [6, 6.07) is 13.3. The van der Waals surface area contributed by atoms with Gasteiger partial charge in [0.05, 0.1) is 23.7 Å². The van der Waals surface area contributed by atoms with Gasteiger partial charge in [-0.25, -0.2) is 8.78 Å². The lowest BCUT2D eigenvalue weighted by Gasteiger charge is -2.25. The van der Waals surface area contributed by atoms with Crippen LogP contribution in [0.3, 0.4) is 0 Å². The Bertz CT molecular complexity index is 1130. The highest BCUT2D eigenvalue weighted by atomic mass is 19.1. The van der Waals surface area contributed by atoms with Gasteiger partial charge in [-0.15, -0.1) is 0 Å². The van der Waals surface area contributed by atoms with Crippen LogP contribution in [-0.2, 0) is 11.3 Å². The fraction of sp³-hybridized carbons (Fsp3) is 0.174. The van der Waals surface area contributed by atoms with Crippen LogP contribution in [0.4, 0.5) is 14.5 Å². The number of halogens is 2. The van der Waals surface area contributed by atoms with E-state index in [0.29, 0.717) is 16.9 Å². The monoisotopic (exact) mass is 407 g/mol. The third-order valence-corrected chi connectivity index (χ3v) is 5.06. The van der Waals surface area contributed by atoms with Crippen molar-refractivity contribution < 1.29 is 18.4 Å². The summed E-state index contributed by atoms with van der Waals surface area (Å²) >= 11 is 0. The minimum atomic E-state index is -0.596. The Hall–Kier alpha value is -3.61. The van der Waals surface area contributed by atoms with E-state index >= 15 is 0 Å². The number of rotatable bonds is 5. The number of nitrogens with one attached hydrogen (secondary N) is 1. The van der Waals surface area contributed by atoms with Crippen LogP contribution < -0.4 is 10.2 Å². The Kier molecular flexibility index (Phi) is 5.27. The molecular weight excluding hydrogens is 388 g/mol. The SMILES string of the molecule is Cc1cccc(N2C(=O)c3cccnc3[C@H]2CC(=O)NCc2cc(F)ccc2F)c1. The van der Waals surface area contributed by atoms with Gasteiger partial charge in [-0.1, -0.05) is 12.1 Å². The number of aryl methyl sites for hydroxylation is 1. The molecule has 0 fully saturated rings. The van der Waals surface area contributed by atoms with Crippen LogP contribution in [0, 0.1) is 18.6 Å². The lowest BCUT2D eigenvalue weighted by Crippen LogP contribution is -2.33. The molecule has 0 aliphatic carbocycles. The first-order chi connectivity index (χ1) is 14.4. The second kappa shape index (κ2) is 8.02. The molecule has 0 unspecified atom stereocenters. The van der Waals surface area contributed by atoms with Crippen LogP contribution >= 0.6 is 0 Å². The summed E-state index contributed by atoms with van der Waals surface area (Å²) in [5.41, 5.74) is 2.69. The van der Waals surface area contributed by atoms with Crippen molar-refractivity contribution in [3.63, 3.8) is 0 Å². The van der Waals surface area contributed by atoms with Gasteiger partial charge in [0.25, 0.3) is 5.91 Å². The molecule has 1 atom stereocenters. The molecule has 1 aliphatic rings. The second-order valence-electron chi connectivity index (χ2n) is 7.18. The molecule has 0 spiro atoms. The Labute approximate surface area is 172 Å². The van der Waals surface area contributed by atoms with Gasteiger partial charge in [0.15, 0.2) is 0 Å². The normalized spacial score (nSPS) is 15.2. The van der Waals surface area contributed by atoms with Crippen molar-refractivity contribution >= 4 is 17.5 Å². The zero-order valence-corrected chi connectivity index (χ0v) is 16.2. The third-order valence-electron chi connectivity index (χ3n) is 5.06. The van der Waals surface area contributed by atoms with Gasteiger partial charge in [0.1, 0.15) is 11.6 Å². The highest BCUT2D eigenvalue weighted by molar-refractivity contribution is 6.11. The molecule has 5 nitrogen and oxygen atoms in total. The zero-order chi connectivity index (χ0) is 21.3. The molecule has 1 aliphatic heterocycles. The quantitative estimate of drug-likeness (QED) is 0.693. The fourth-order valence-corrected chi connectivity index (χ4v) is 3.64. The lowest BCUT2D eigenvalue weighted by molar-refractivity contribution is -0.121. The molecule has 2 aromatic carbocycles. The van der Waals surface area contributed by atoms with Crippen LogP contribution in [0.1, 0.15) is 39.6 Å². The van der Waals surface area contributed by atoms with E-state index in [2.05, 4.69) is 10.3 Å². The maximum absolute atomic E-state index is 13.8. The molecule has 2 heterocycles. The highest BCUT2D eigenvalue weighted by Gasteiger charge is 2.39. The molecule has 30 heavy (non-hydrogen) atoms. The second-order valence-corrected chi connectivity index (χ2v) is 7.18. The van der Waals surface area contributed by atoms with Crippen LogP contribution in [0.5, 0.6) is 0 Å². The van der Waals surface area contributed by atoms with E-state index in [1.807, 2.05) is 31.2 Å². The average Bonchev–Trinajstić information content (AvgIpc) is 3.00. The Morgan fingerprint density at radius 2 is 1.97 bits per heavy atom. The van der Waals surface area contributed by atoms with Gasteiger partial charge in [0.2, 0.25) is 5.91 Å². The summed E-state index contributed by atoms with van der Waals surface area (Å²) in [4.78, 5) is 31.6. The minimum Gasteiger partial charge on any atom is -0.352 e. The number of carbonyl (C=O) groups is 2. The molecule has 0 bridgehead atoms. The number of pyridine rings is 1. The first-order valence-corrected chi connectivity index (χ1v) is 9.50. The zero-order valence-electron chi connectivity index (χ0n) is 16.2. The van der Waals surface area contributed by atoms with Crippen LogP contribution in [0.15, 0.2) is 60.8 Å². The standard InChI is InChI=1S/C23H19F2N3O2/c1-14-4-2-5-17(10-14)28-20(22-18(23(28)30)6-3-9-26-22)12-21(29)27-13-15-11-16(24)7-8-19(15)25/h2-11,20H,12-13H2,1H3,(H,27,29)/t20-/m1/s1. The number of nitrogens with zero attached hydrogens (tertiary/aromatic N) is 2. The predicted molar refractivity (Wildman–Crippen MR) is 108 cm³/mol. The molecule has 1 N–H and O–H groups in total. The Morgan fingerprint density at radius 3 is 2.77 bits per heavy atom. The average molecular weight is 407 g/mol. The summed E-state index contributed by atoms with van der Waals surface area (Å²) in [6.45, 7) is 1.77. The van der Waals surface area contributed by atoms with E-state index < -0.39 is 23.6 Å². The smallest absolute Gasteiger partial charge is 0.260 e. The van der Waals surface area contributed by atoms with E-state index in [9.17, 15) is 18.4 Å². The van der Waals surface area contributed by atoms with Gasteiger partial charge in [0, 0.05) is 24.0 Å². The van der Waals surface area contributed by atoms with E-state index in [4.69, 9.17) is 0 Å². The van der Waals surface area contributed by atoms with Crippen molar-refractivity contribution in [2.75, 3.05) is 4.90 Å². The number of amides is 2. The summed E-state index contributed by atoms with van der Waals surface area (Å²) in [6.07, 6.45) is 1.53. The molecule has 7 heteroatoms. The largest absolute Gasteiger partial charge is 0.352 e. The predicted octanol–water partition coefficient (Wildman–Crippen LogP) is 4.08. The molecule has 2 amide bonds. The van der Waals surface area contributed by atoms with Crippen molar-refractivity contribution in [3.05, 3.63) is 94.8 Å². The van der Waals surface area contributed by atoms with Crippen molar-refractivity contribution in [1.29, 1.82) is 0 Å². The summed E-state index contributed by atoms with van der Waals surface area (Å²) < 4.78 is 27.2. The number of anilines is 1. The maximum Gasteiger partial charge on any atom is 0.260 e. The van der Waals surface area contributed by atoms with Gasteiger partial charge in [-0.3, -0.25) is 19.5 Å². The first-order valence-electron chi connectivity index (χ1n) is 9.50. The maximum atomic E-state index is 13.8. The fourth-order valence-electron chi connectivity index (χ4n) is 3.64. The van der Waals surface area contributed by atoms with Crippen molar-refractivity contribution in [2.45, 2.75) is 25.9 Å². The molecule has 152 valence electrons. The Balaban J connectivity index is 1.57. The number of carbonyl (C=O) groups excluding carboxylic acids is 2. The summed E-state index contributed by atoms with van der Waals surface area (Å²) in [5, 5.41) is 2.61.